The summed E-state index contributed by atoms with van der Waals surface area (Å²) in [7, 11) is 0. The molecule has 4 rings (SSSR count). The molecule has 1 aromatic carbocycles. The van der Waals surface area contributed by atoms with Gasteiger partial charge in [-0.3, -0.25) is 9.36 Å². The number of hydrogen-bond acceptors (Lipinski definition) is 7. The first-order valence-corrected chi connectivity index (χ1v) is 12.6. The van der Waals surface area contributed by atoms with Crippen LogP contribution >= 0.6 is 34.4 Å². The maximum Gasteiger partial charge on any atom is 0.348 e. The number of nitrogens with zero attached hydrogens (tertiary/aromatic N) is 2. The van der Waals surface area contributed by atoms with Crippen LogP contribution in [0.25, 0.3) is 10.2 Å². The predicted octanol–water partition coefficient (Wildman–Crippen LogP) is 5.65. The van der Waals surface area contributed by atoms with Gasteiger partial charge in [-0.05, 0) is 43.3 Å². The van der Waals surface area contributed by atoms with E-state index in [0.717, 1.165) is 4.88 Å². The molecule has 0 atom stereocenters. The lowest BCUT2D eigenvalue weighted by Crippen LogP contribution is -2.23. The zero-order chi connectivity index (χ0) is 22.0. The summed E-state index contributed by atoms with van der Waals surface area (Å²) < 4.78 is 6.89. The predicted molar refractivity (Wildman–Crippen MR) is 129 cm³/mol. The van der Waals surface area contributed by atoms with Gasteiger partial charge in [-0.2, -0.15) is 0 Å². The Bertz CT molecular complexity index is 1270. The fourth-order valence-electron chi connectivity index (χ4n) is 3.23. The molecule has 0 aliphatic rings. The highest BCUT2D eigenvalue weighted by Gasteiger charge is 2.22. The van der Waals surface area contributed by atoms with Gasteiger partial charge in [-0.15, -0.1) is 22.7 Å². The van der Waals surface area contributed by atoms with Crippen molar-refractivity contribution in [3.63, 3.8) is 0 Å². The Kier molecular flexibility index (Phi) is 6.60. The standard InChI is InChI=1S/C23H22N2O3S3/c1-4-28-22(27)19-15(3)18-20(31-19)24-23(30-13-16-9-7-14(2)8-10-16)25(21(18)26)12-17-6-5-11-29-17/h5-11H,4,12-13H2,1-3H3. The van der Waals surface area contributed by atoms with Crippen molar-refractivity contribution in [1.29, 1.82) is 0 Å². The van der Waals surface area contributed by atoms with Crippen molar-refractivity contribution in [3.05, 3.63) is 78.6 Å². The molecule has 0 aliphatic heterocycles. The van der Waals surface area contributed by atoms with Gasteiger partial charge in [-0.1, -0.05) is 47.7 Å². The van der Waals surface area contributed by atoms with Crippen molar-refractivity contribution in [1.82, 2.24) is 9.55 Å². The molecule has 3 aromatic heterocycles. The van der Waals surface area contributed by atoms with Crippen molar-refractivity contribution < 1.29 is 9.53 Å². The number of hydrogen-bond donors (Lipinski definition) is 0. The number of thioether (sulfide) groups is 1. The summed E-state index contributed by atoms with van der Waals surface area (Å²) in [5, 5.41) is 3.16. The SMILES string of the molecule is CCOC(=O)c1sc2nc(SCc3ccc(C)cc3)n(Cc3cccs3)c(=O)c2c1C. The quantitative estimate of drug-likeness (QED) is 0.198. The Labute approximate surface area is 192 Å². The van der Waals surface area contributed by atoms with Crippen LogP contribution in [0.5, 0.6) is 0 Å². The fraction of sp³-hybridized carbons (Fsp3) is 0.261. The third-order valence-electron chi connectivity index (χ3n) is 4.86. The number of carbonyl (C=O) groups excluding carboxylic acids is 1. The lowest BCUT2D eigenvalue weighted by molar-refractivity contribution is 0.0531. The summed E-state index contributed by atoms with van der Waals surface area (Å²) in [6.07, 6.45) is 0. The van der Waals surface area contributed by atoms with Crippen molar-refractivity contribution in [2.75, 3.05) is 6.61 Å². The molecule has 0 unspecified atom stereocenters. The highest BCUT2D eigenvalue weighted by atomic mass is 32.2. The van der Waals surface area contributed by atoms with Crippen LogP contribution in [0.15, 0.2) is 51.7 Å². The van der Waals surface area contributed by atoms with E-state index < -0.39 is 5.97 Å². The maximum atomic E-state index is 13.5. The molecule has 0 saturated carbocycles. The molecule has 4 aromatic rings. The lowest BCUT2D eigenvalue weighted by Gasteiger charge is -2.11. The van der Waals surface area contributed by atoms with Crippen molar-refractivity contribution in [2.45, 2.75) is 38.2 Å². The van der Waals surface area contributed by atoms with Crippen molar-refractivity contribution in [2.24, 2.45) is 0 Å². The number of benzene rings is 1. The summed E-state index contributed by atoms with van der Waals surface area (Å²) in [5.41, 5.74) is 2.91. The molecule has 0 fully saturated rings. The molecule has 0 amide bonds. The lowest BCUT2D eigenvalue weighted by atomic mass is 10.2. The fourth-order valence-corrected chi connectivity index (χ4v) is 5.99. The summed E-state index contributed by atoms with van der Waals surface area (Å²) in [6, 6.07) is 12.3. The number of rotatable bonds is 7. The minimum atomic E-state index is -0.402. The Balaban J connectivity index is 1.78. The summed E-state index contributed by atoms with van der Waals surface area (Å²) in [6.45, 7) is 6.38. The molecular weight excluding hydrogens is 448 g/mol. The van der Waals surface area contributed by atoms with Crippen LogP contribution in [0.3, 0.4) is 0 Å². The number of aryl methyl sites for hydroxylation is 2. The molecule has 3 heterocycles. The molecule has 0 spiro atoms. The smallest absolute Gasteiger partial charge is 0.348 e. The highest BCUT2D eigenvalue weighted by molar-refractivity contribution is 7.98. The molecular formula is C23H22N2O3S3. The highest BCUT2D eigenvalue weighted by Crippen LogP contribution is 2.31. The van der Waals surface area contributed by atoms with E-state index in [-0.39, 0.29) is 5.56 Å². The Hall–Kier alpha value is -2.42. The first-order valence-electron chi connectivity index (χ1n) is 9.89. The molecule has 0 radical (unpaired) electrons. The minimum Gasteiger partial charge on any atom is -0.462 e. The molecule has 0 saturated heterocycles. The van der Waals surface area contributed by atoms with Gasteiger partial charge in [-0.25, -0.2) is 9.78 Å². The second-order valence-electron chi connectivity index (χ2n) is 7.10. The first kappa shape index (κ1) is 21.8. The van der Waals surface area contributed by atoms with E-state index in [2.05, 4.69) is 31.2 Å². The second-order valence-corrected chi connectivity index (χ2v) is 10.1. The molecule has 160 valence electrons. The van der Waals surface area contributed by atoms with E-state index in [1.807, 2.05) is 17.5 Å². The largest absolute Gasteiger partial charge is 0.462 e. The Morgan fingerprint density at radius 2 is 1.97 bits per heavy atom. The Morgan fingerprint density at radius 3 is 2.65 bits per heavy atom. The van der Waals surface area contributed by atoms with Gasteiger partial charge in [0, 0.05) is 10.6 Å². The van der Waals surface area contributed by atoms with Crippen LogP contribution < -0.4 is 5.56 Å². The summed E-state index contributed by atoms with van der Waals surface area (Å²) in [4.78, 5) is 32.8. The van der Waals surface area contributed by atoms with E-state index in [1.54, 1.807) is 29.8 Å². The zero-order valence-electron chi connectivity index (χ0n) is 17.5. The van der Waals surface area contributed by atoms with Crippen molar-refractivity contribution >= 4 is 50.6 Å². The van der Waals surface area contributed by atoms with Gasteiger partial charge < -0.3 is 4.74 Å². The molecule has 5 nitrogen and oxygen atoms in total. The summed E-state index contributed by atoms with van der Waals surface area (Å²) >= 11 is 4.38. The van der Waals surface area contributed by atoms with Crippen molar-refractivity contribution in [3.8, 4) is 0 Å². The second kappa shape index (κ2) is 9.38. The van der Waals surface area contributed by atoms with E-state index >= 15 is 0 Å². The number of fused-ring (bicyclic) bond motifs is 1. The van der Waals surface area contributed by atoms with Gasteiger partial charge in [0.25, 0.3) is 5.56 Å². The first-order chi connectivity index (χ1) is 15.0. The van der Waals surface area contributed by atoms with Crippen LogP contribution in [0.2, 0.25) is 0 Å². The monoisotopic (exact) mass is 470 g/mol. The normalized spacial score (nSPS) is 11.2. The minimum absolute atomic E-state index is 0.117. The van der Waals surface area contributed by atoms with Gasteiger partial charge in [0.2, 0.25) is 0 Å². The van der Waals surface area contributed by atoms with Gasteiger partial charge in [0.05, 0.1) is 18.5 Å². The number of carbonyl (C=O) groups is 1. The Morgan fingerprint density at radius 1 is 1.19 bits per heavy atom. The molecule has 8 heteroatoms. The van der Waals surface area contributed by atoms with E-state index in [9.17, 15) is 9.59 Å². The average molecular weight is 471 g/mol. The topological polar surface area (TPSA) is 61.2 Å². The maximum absolute atomic E-state index is 13.5. The van der Waals surface area contributed by atoms with Crippen LogP contribution in [0, 0.1) is 13.8 Å². The zero-order valence-corrected chi connectivity index (χ0v) is 20.0. The van der Waals surface area contributed by atoms with Gasteiger partial charge >= 0.3 is 5.97 Å². The third-order valence-corrected chi connectivity index (χ3v) is 7.93. The summed E-state index contributed by atoms with van der Waals surface area (Å²) in [5.74, 6) is 0.304. The van der Waals surface area contributed by atoms with Crippen LogP contribution in [-0.2, 0) is 17.0 Å². The van der Waals surface area contributed by atoms with Crippen LogP contribution in [-0.4, -0.2) is 22.1 Å². The number of aromatic nitrogens is 2. The third kappa shape index (κ3) is 4.61. The van der Waals surface area contributed by atoms with E-state index in [1.165, 1.54) is 34.2 Å². The van der Waals surface area contributed by atoms with E-state index in [0.29, 0.717) is 44.7 Å². The molecule has 31 heavy (non-hydrogen) atoms. The average Bonchev–Trinajstić information content (AvgIpc) is 3.38. The number of thiophene rings is 2. The van der Waals surface area contributed by atoms with Gasteiger partial charge in [0.15, 0.2) is 5.16 Å². The van der Waals surface area contributed by atoms with Gasteiger partial charge in [0.1, 0.15) is 9.71 Å². The van der Waals surface area contributed by atoms with Crippen LogP contribution in [0.1, 0.15) is 38.2 Å². The number of esters is 1. The molecule has 0 aliphatic carbocycles. The molecule has 0 N–H and O–H groups in total. The number of ether oxygens (including phenoxy) is 1. The molecule has 0 bridgehead atoms. The van der Waals surface area contributed by atoms with Crippen LogP contribution in [0.4, 0.5) is 0 Å². The van der Waals surface area contributed by atoms with E-state index in [4.69, 9.17) is 9.72 Å².